The van der Waals surface area contributed by atoms with E-state index in [0.29, 0.717) is 13.0 Å². The molecule has 1 fully saturated rings. The number of carbonyl (C=O) groups is 1. The normalized spacial score (nSPS) is 26.1. The van der Waals surface area contributed by atoms with Gasteiger partial charge in [-0.1, -0.05) is 24.4 Å². The number of nitrogens with zero attached hydrogens (tertiary/aromatic N) is 3. The minimum atomic E-state index is -1.11. The summed E-state index contributed by atoms with van der Waals surface area (Å²) in [6, 6.07) is 2.30. The van der Waals surface area contributed by atoms with Crippen LogP contribution in [0.25, 0.3) is 0 Å². The molecule has 1 aromatic carbocycles. The first kappa shape index (κ1) is 24.1. The number of hydrogen-bond acceptors (Lipinski definition) is 8. The number of amidine groups is 1. The molecule has 4 rings (SSSR count). The van der Waals surface area contributed by atoms with E-state index in [4.69, 9.17) is 15.2 Å². The van der Waals surface area contributed by atoms with Crippen LogP contribution >= 0.6 is 11.8 Å². The Morgan fingerprint density at radius 1 is 1.41 bits per heavy atom. The molecule has 180 valence electrons. The minimum absolute atomic E-state index is 0.0160. The van der Waals surface area contributed by atoms with E-state index < -0.39 is 23.1 Å². The first-order valence-electron chi connectivity index (χ1n) is 10.6. The molecule has 2 aromatic rings. The number of aliphatic imine (C=N–C) groups is 1. The lowest BCUT2D eigenvalue weighted by molar-refractivity contribution is 0.102. The lowest BCUT2D eigenvalue weighted by atomic mass is 9.85. The maximum atomic E-state index is 15.0. The first-order valence-corrected chi connectivity index (χ1v) is 11.4. The molecule has 0 radical (unpaired) electrons. The van der Waals surface area contributed by atoms with Gasteiger partial charge in [-0.25, -0.2) is 18.7 Å². The summed E-state index contributed by atoms with van der Waals surface area (Å²) < 4.78 is 40.1. The summed E-state index contributed by atoms with van der Waals surface area (Å²) in [5.41, 5.74) is 5.00. The number of anilines is 1. The van der Waals surface area contributed by atoms with Crippen LogP contribution in [0.15, 0.2) is 42.2 Å². The summed E-state index contributed by atoms with van der Waals surface area (Å²) in [5, 5.41) is 2.84. The largest absolute Gasteiger partial charge is 0.469 e. The Bertz CT molecular complexity index is 1160. The van der Waals surface area contributed by atoms with Crippen LogP contribution in [0, 0.1) is 17.6 Å². The van der Waals surface area contributed by atoms with Crippen LogP contribution in [0.4, 0.5) is 14.5 Å². The van der Waals surface area contributed by atoms with Gasteiger partial charge in [0.25, 0.3) is 5.91 Å². The zero-order valence-electron chi connectivity index (χ0n) is 19.0. The van der Waals surface area contributed by atoms with Crippen molar-refractivity contribution >= 4 is 28.5 Å². The molecule has 4 atom stereocenters. The van der Waals surface area contributed by atoms with Gasteiger partial charge in [0.15, 0.2) is 16.8 Å². The van der Waals surface area contributed by atoms with Gasteiger partial charge in [0.2, 0.25) is 5.88 Å². The molecule has 0 spiro atoms. The highest BCUT2D eigenvalue weighted by Gasteiger charge is 2.66. The molecule has 1 saturated carbocycles. The number of nitrogens with one attached hydrogen (secondary N) is 1. The topological polar surface area (TPSA) is 112 Å². The number of benzene rings is 1. The van der Waals surface area contributed by atoms with Crippen molar-refractivity contribution in [3.8, 4) is 5.88 Å². The molecule has 2 heterocycles. The minimum Gasteiger partial charge on any atom is -0.469 e. The van der Waals surface area contributed by atoms with Crippen molar-refractivity contribution in [1.82, 2.24) is 9.97 Å². The number of aromatic nitrogens is 2. The number of amides is 1. The number of carbonyl (C=O) groups excluding carboxylic acids is 1. The molecule has 34 heavy (non-hydrogen) atoms. The zero-order chi connectivity index (χ0) is 24.7. The van der Waals surface area contributed by atoms with Gasteiger partial charge in [0.1, 0.15) is 11.8 Å². The average molecular weight is 490 g/mol. The highest BCUT2D eigenvalue weighted by molar-refractivity contribution is 8.15. The Balaban J connectivity index is 1.60. The molecule has 1 aliphatic heterocycles. The molecule has 0 saturated heterocycles. The quantitative estimate of drug-likeness (QED) is 0.545. The third kappa shape index (κ3) is 4.37. The lowest BCUT2D eigenvalue weighted by Gasteiger charge is -2.34. The van der Waals surface area contributed by atoms with Crippen molar-refractivity contribution in [3.63, 3.8) is 0 Å². The molecule has 0 bridgehead atoms. The van der Waals surface area contributed by atoms with Gasteiger partial charge in [0.05, 0.1) is 29.3 Å². The van der Waals surface area contributed by atoms with Crippen LogP contribution in [0.2, 0.25) is 0 Å². The summed E-state index contributed by atoms with van der Waals surface area (Å²) in [7, 11) is 1.59. The van der Waals surface area contributed by atoms with Crippen molar-refractivity contribution in [2.24, 2.45) is 16.6 Å². The van der Waals surface area contributed by atoms with Gasteiger partial charge in [0, 0.05) is 30.3 Å². The Labute approximate surface area is 200 Å². The van der Waals surface area contributed by atoms with E-state index in [2.05, 4.69) is 26.9 Å². The van der Waals surface area contributed by atoms with Crippen molar-refractivity contribution < 1.29 is 23.0 Å². The van der Waals surface area contributed by atoms with Crippen molar-refractivity contribution in [2.45, 2.75) is 36.7 Å². The molecule has 8 nitrogen and oxygen atoms in total. The van der Waals surface area contributed by atoms with Crippen molar-refractivity contribution in [1.29, 1.82) is 0 Å². The first-order chi connectivity index (χ1) is 16.1. The number of halogens is 2. The van der Waals surface area contributed by atoms with Crippen LogP contribution in [-0.4, -0.2) is 45.6 Å². The number of rotatable bonds is 8. The number of thioether (sulfide) groups is 1. The summed E-state index contributed by atoms with van der Waals surface area (Å²) in [4.78, 5) is 25.2. The number of hydrogen-bond donors (Lipinski definition) is 2. The maximum Gasteiger partial charge on any atom is 0.275 e. The second kappa shape index (κ2) is 8.95. The van der Waals surface area contributed by atoms with E-state index in [-0.39, 0.29) is 44.8 Å². The molecule has 0 unspecified atom stereocenters. The third-order valence-electron chi connectivity index (χ3n) is 6.07. The molecule has 1 aromatic heterocycles. The number of nitrogens with two attached hydrogens (primary N) is 1. The fourth-order valence-corrected chi connectivity index (χ4v) is 5.74. The van der Waals surface area contributed by atoms with E-state index in [1.807, 2.05) is 0 Å². The number of ether oxygens (including phenoxy) is 2. The second-order valence-corrected chi connectivity index (χ2v) is 9.96. The third-order valence-corrected chi connectivity index (χ3v) is 7.35. The van der Waals surface area contributed by atoms with E-state index in [1.54, 1.807) is 27.0 Å². The summed E-state index contributed by atoms with van der Waals surface area (Å²) in [6.07, 6.45) is 4.53. The molecule has 11 heteroatoms. The highest BCUT2D eigenvalue weighted by Crippen LogP contribution is 2.66. The fraction of sp³-hybridized carbons (Fsp3) is 0.391. The molecule has 2 aliphatic rings. The van der Waals surface area contributed by atoms with Crippen LogP contribution in [0.1, 0.15) is 36.3 Å². The predicted molar refractivity (Wildman–Crippen MR) is 126 cm³/mol. The standard InChI is InChI=1S/C23H25F2N5O3S/c1-5-12(2)33-18-10-27-16(9-28-18)20(31)29-13-6-14(19(25)15(24)7-13)22(3)17-8-23(17,11-32-4)34-21(26)30-22/h5-7,9-10,12,17H,1,8,11H2,2-4H3,(H2,26,30)(H,29,31)/t12-,17-,22+,23+/m0/s1. The maximum absolute atomic E-state index is 15.0. The lowest BCUT2D eigenvalue weighted by Crippen LogP contribution is -2.38. The Kier molecular flexibility index (Phi) is 6.34. The smallest absolute Gasteiger partial charge is 0.275 e. The molecular weight excluding hydrogens is 464 g/mol. The van der Waals surface area contributed by atoms with Gasteiger partial charge in [-0.05, 0) is 26.3 Å². The van der Waals surface area contributed by atoms with Gasteiger partial charge in [-0.15, -0.1) is 0 Å². The number of methoxy groups -OCH3 is 1. The summed E-state index contributed by atoms with van der Waals surface area (Å²) >= 11 is 1.40. The highest BCUT2D eigenvalue weighted by atomic mass is 32.2. The number of fused-ring (bicyclic) bond motifs is 1. The van der Waals surface area contributed by atoms with Crippen LogP contribution in [0.5, 0.6) is 5.88 Å². The molecule has 1 aliphatic carbocycles. The SMILES string of the molecule is C=C[C@H](C)Oc1cnc(C(=O)Nc2cc(F)c(F)c([C@@]3(C)N=C(N)S[C@@]4(COC)C[C@H]43)c2)cn1. The molecule has 3 N–H and O–H groups in total. The van der Waals surface area contributed by atoms with E-state index >= 15 is 4.39 Å². The Hall–Kier alpha value is -3.05. The Morgan fingerprint density at radius 3 is 2.82 bits per heavy atom. The molecular formula is C23H25F2N5O3S. The van der Waals surface area contributed by atoms with Gasteiger partial charge in [-0.3, -0.25) is 9.79 Å². The van der Waals surface area contributed by atoms with Gasteiger partial charge in [-0.2, -0.15) is 0 Å². The average Bonchev–Trinajstić information content (AvgIpc) is 3.51. The van der Waals surface area contributed by atoms with Gasteiger partial charge >= 0.3 is 0 Å². The van der Waals surface area contributed by atoms with Gasteiger partial charge < -0.3 is 20.5 Å². The van der Waals surface area contributed by atoms with Crippen LogP contribution < -0.4 is 15.8 Å². The second-order valence-electron chi connectivity index (χ2n) is 8.53. The zero-order valence-corrected chi connectivity index (χ0v) is 19.8. The predicted octanol–water partition coefficient (Wildman–Crippen LogP) is 3.64. The van der Waals surface area contributed by atoms with E-state index in [1.165, 1.54) is 30.2 Å². The van der Waals surface area contributed by atoms with E-state index in [0.717, 1.165) is 6.07 Å². The van der Waals surface area contributed by atoms with Crippen LogP contribution in [-0.2, 0) is 10.3 Å². The van der Waals surface area contributed by atoms with E-state index in [9.17, 15) is 9.18 Å². The molecule has 1 amide bonds. The van der Waals surface area contributed by atoms with Crippen molar-refractivity contribution in [2.75, 3.05) is 19.0 Å². The summed E-state index contributed by atoms with van der Waals surface area (Å²) in [5.74, 6) is -2.65. The van der Waals surface area contributed by atoms with Crippen LogP contribution in [0.3, 0.4) is 0 Å². The summed E-state index contributed by atoms with van der Waals surface area (Å²) in [6.45, 7) is 7.53. The fourth-order valence-electron chi connectivity index (χ4n) is 4.29. The van der Waals surface area contributed by atoms with Crippen molar-refractivity contribution in [3.05, 3.63) is 60.1 Å². The Morgan fingerprint density at radius 2 is 2.18 bits per heavy atom. The monoisotopic (exact) mass is 489 g/mol.